The number of nitrogens with zero attached hydrogens (tertiary/aromatic N) is 2. The van der Waals surface area contributed by atoms with Gasteiger partial charge < -0.3 is 9.84 Å². The molecule has 0 unspecified atom stereocenters. The number of ketones is 1. The van der Waals surface area contributed by atoms with E-state index in [4.69, 9.17) is 9.84 Å². The Hall–Kier alpha value is -3.08. The molecule has 171 valence electrons. The minimum Gasteiger partial charge on any atom is -0.512 e. The largest absolute Gasteiger partial charge is 0.512 e. The van der Waals surface area contributed by atoms with Gasteiger partial charge in [0, 0.05) is 55.2 Å². The van der Waals surface area contributed by atoms with Gasteiger partial charge in [-0.2, -0.15) is 0 Å². The standard InChI is InChI=1S/C22H17N2O.C5H8O2.Ir/c1-22(2,3)16-6-7-18-20-14(16)8-10-24-21(20)15-11-13-5-4-9-23-17(13)12-19(15)25-18;1-4(6)3-5(2)7;/h4-10,12H,1-3H3;3,6H,1-2H3;/q-1;;/b;4-3-;. The number of aliphatic hydroxyl groups excluding tert-OH is 1. The van der Waals surface area contributed by atoms with Gasteiger partial charge in [-0.25, -0.2) is 0 Å². The number of aliphatic hydroxyl groups is 1. The van der Waals surface area contributed by atoms with E-state index in [9.17, 15) is 4.79 Å². The van der Waals surface area contributed by atoms with Crippen LogP contribution in [0.4, 0.5) is 0 Å². The summed E-state index contributed by atoms with van der Waals surface area (Å²) in [6.07, 6.45) is 4.83. The average molecular weight is 618 g/mol. The van der Waals surface area contributed by atoms with Gasteiger partial charge >= 0.3 is 0 Å². The fourth-order valence-corrected chi connectivity index (χ4v) is 3.90. The van der Waals surface area contributed by atoms with E-state index in [1.807, 2.05) is 24.4 Å². The second kappa shape index (κ2) is 9.42. The van der Waals surface area contributed by atoms with Crippen molar-refractivity contribution in [3.8, 4) is 22.8 Å². The molecular formula is C27H25IrN2O3-. The summed E-state index contributed by atoms with van der Waals surface area (Å²) in [4.78, 5) is 19.1. The predicted octanol–water partition coefficient (Wildman–Crippen LogP) is 6.69. The molecule has 0 atom stereocenters. The van der Waals surface area contributed by atoms with Gasteiger partial charge in [-0.3, -0.25) is 14.8 Å². The molecule has 1 aliphatic heterocycles. The number of carbonyl (C=O) groups is 1. The minimum absolute atomic E-state index is 0. The van der Waals surface area contributed by atoms with Crippen molar-refractivity contribution in [3.05, 3.63) is 72.3 Å². The van der Waals surface area contributed by atoms with Crippen LogP contribution in [0.5, 0.6) is 11.5 Å². The Bertz CT molecular complexity index is 1380. The molecule has 2 aromatic carbocycles. The zero-order valence-corrected chi connectivity index (χ0v) is 21.6. The van der Waals surface area contributed by atoms with Crippen LogP contribution in [0.25, 0.3) is 32.9 Å². The van der Waals surface area contributed by atoms with Crippen LogP contribution in [0, 0.1) is 6.07 Å². The van der Waals surface area contributed by atoms with E-state index >= 15 is 0 Å². The second-order valence-corrected chi connectivity index (χ2v) is 8.89. The number of hydrogen-bond acceptors (Lipinski definition) is 5. The Kier molecular flexibility index (Phi) is 7.01. The fraction of sp³-hybridized carbons (Fsp3) is 0.222. The third-order valence-corrected chi connectivity index (χ3v) is 5.18. The molecule has 0 saturated carbocycles. The summed E-state index contributed by atoms with van der Waals surface area (Å²) in [5, 5.41) is 11.6. The zero-order valence-electron chi connectivity index (χ0n) is 19.2. The summed E-state index contributed by atoms with van der Waals surface area (Å²) >= 11 is 0. The molecule has 1 N–H and O–H groups in total. The maximum atomic E-state index is 10.0. The van der Waals surface area contributed by atoms with Crippen molar-refractivity contribution in [2.24, 2.45) is 0 Å². The number of ether oxygens (including phenoxy) is 1. The summed E-state index contributed by atoms with van der Waals surface area (Å²) in [5.41, 5.74) is 4.07. The zero-order chi connectivity index (χ0) is 23.0. The summed E-state index contributed by atoms with van der Waals surface area (Å²) in [5.74, 6) is 1.55. The third kappa shape index (κ3) is 4.97. The minimum atomic E-state index is -0.125. The van der Waals surface area contributed by atoms with E-state index in [2.05, 4.69) is 55.0 Å². The van der Waals surface area contributed by atoms with E-state index in [-0.39, 0.29) is 37.1 Å². The second-order valence-electron chi connectivity index (χ2n) is 8.89. The molecule has 33 heavy (non-hydrogen) atoms. The monoisotopic (exact) mass is 618 g/mol. The fourth-order valence-electron chi connectivity index (χ4n) is 3.90. The molecule has 0 amide bonds. The number of pyridine rings is 2. The first-order valence-corrected chi connectivity index (χ1v) is 10.4. The van der Waals surface area contributed by atoms with Gasteiger partial charge in [0.2, 0.25) is 0 Å². The van der Waals surface area contributed by atoms with Gasteiger partial charge in [-0.1, -0.05) is 49.9 Å². The molecular weight excluding hydrogens is 593 g/mol. The first-order chi connectivity index (χ1) is 15.1. The van der Waals surface area contributed by atoms with E-state index < -0.39 is 0 Å². The molecule has 0 saturated heterocycles. The van der Waals surface area contributed by atoms with Crippen molar-refractivity contribution in [1.29, 1.82) is 0 Å². The van der Waals surface area contributed by atoms with Gasteiger partial charge in [-0.15, -0.1) is 12.1 Å². The molecule has 5 nitrogen and oxygen atoms in total. The Morgan fingerprint density at radius 1 is 1.06 bits per heavy atom. The van der Waals surface area contributed by atoms with Crippen molar-refractivity contribution in [1.82, 2.24) is 9.97 Å². The van der Waals surface area contributed by atoms with Gasteiger partial charge in [0.1, 0.15) is 5.75 Å². The summed E-state index contributed by atoms with van der Waals surface area (Å²) in [6, 6.07) is 15.7. The third-order valence-electron chi connectivity index (χ3n) is 5.18. The Balaban J connectivity index is 0.000000337. The van der Waals surface area contributed by atoms with E-state index in [1.54, 1.807) is 6.20 Å². The van der Waals surface area contributed by atoms with Crippen LogP contribution in [0.2, 0.25) is 0 Å². The van der Waals surface area contributed by atoms with Crippen molar-refractivity contribution in [2.75, 3.05) is 0 Å². The predicted molar refractivity (Wildman–Crippen MR) is 127 cm³/mol. The molecule has 2 aromatic heterocycles. The number of fused-ring (bicyclic) bond motifs is 3. The number of hydrogen-bond donors (Lipinski definition) is 1. The van der Waals surface area contributed by atoms with Crippen molar-refractivity contribution in [3.63, 3.8) is 0 Å². The number of rotatable bonds is 1. The van der Waals surface area contributed by atoms with Crippen LogP contribution in [0.3, 0.4) is 0 Å². The van der Waals surface area contributed by atoms with Crippen LogP contribution in [-0.4, -0.2) is 20.9 Å². The van der Waals surface area contributed by atoms with Crippen LogP contribution < -0.4 is 4.74 Å². The molecule has 1 radical (unpaired) electrons. The van der Waals surface area contributed by atoms with Gasteiger partial charge in [0.25, 0.3) is 0 Å². The molecule has 0 spiro atoms. The van der Waals surface area contributed by atoms with Gasteiger partial charge in [-0.05, 0) is 42.3 Å². The first-order valence-electron chi connectivity index (χ1n) is 10.4. The molecule has 5 rings (SSSR count). The molecule has 0 fully saturated rings. The van der Waals surface area contributed by atoms with E-state index in [1.165, 1.54) is 30.9 Å². The van der Waals surface area contributed by atoms with Gasteiger partial charge in [0.05, 0.1) is 11.5 Å². The van der Waals surface area contributed by atoms with Crippen LogP contribution in [0.15, 0.2) is 60.6 Å². The van der Waals surface area contributed by atoms with E-state index in [0.717, 1.165) is 39.0 Å². The smallest absolute Gasteiger partial charge is 0.155 e. The number of benzene rings is 2. The van der Waals surface area contributed by atoms with Crippen molar-refractivity contribution < 1.29 is 34.7 Å². The molecule has 6 heteroatoms. The van der Waals surface area contributed by atoms with Gasteiger partial charge in [0.15, 0.2) is 5.78 Å². The molecule has 3 heterocycles. The summed E-state index contributed by atoms with van der Waals surface area (Å²) in [7, 11) is 0. The molecule has 0 bridgehead atoms. The number of aromatic nitrogens is 2. The van der Waals surface area contributed by atoms with Crippen LogP contribution in [-0.2, 0) is 30.3 Å². The Labute approximate surface area is 206 Å². The Morgan fingerprint density at radius 3 is 2.45 bits per heavy atom. The quantitative estimate of drug-likeness (QED) is 0.129. The van der Waals surface area contributed by atoms with Crippen LogP contribution >= 0.6 is 0 Å². The maximum absolute atomic E-state index is 10.0. The average Bonchev–Trinajstić information content (AvgIpc) is 2.71. The van der Waals surface area contributed by atoms with Crippen LogP contribution in [0.1, 0.15) is 40.2 Å². The number of carbonyl (C=O) groups excluding carboxylic acids is 1. The first kappa shape index (κ1) is 24.6. The normalized spacial score (nSPS) is 12.2. The summed E-state index contributed by atoms with van der Waals surface area (Å²) < 4.78 is 6.21. The van der Waals surface area contributed by atoms with Crippen molar-refractivity contribution >= 4 is 27.5 Å². The molecule has 0 aliphatic carbocycles. The topological polar surface area (TPSA) is 72.3 Å². The molecule has 1 aliphatic rings. The number of allylic oxidation sites excluding steroid dienone is 2. The van der Waals surface area contributed by atoms with E-state index in [0.29, 0.717) is 0 Å². The maximum Gasteiger partial charge on any atom is 0.155 e. The summed E-state index contributed by atoms with van der Waals surface area (Å²) in [6.45, 7) is 9.54. The molecule has 4 aromatic rings. The SMILES string of the molecule is CC(=O)/C=C(/C)O.CC(C)(C)c1ccc2c3c(nccc13)-c1[c-]c3cccnc3cc1O2.[Ir]. The Morgan fingerprint density at radius 2 is 1.82 bits per heavy atom. The van der Waals surface area contributed by atoms with Crippen molar-refractivity contribution in [2.45, 2.75) is 40.0 Å².